The molecule has 0 saturated heterocycles. The normalized spacial score (nSPS) is 18.6. The fourth-order valence-electron chi connectivity index (χ4n) is 2.95. The first-order chi connectivity index (χ1) is 10.8. The van der Waals surface area contributed by atoms with E-state index >= 15 is 0 Å². The Morgan fingerprint density at radius 2 is 1.91 bits per heavy atom. The van der Waals surface area contributed by atoms with E-state index in [-0.39, 0.29) is 18.7 Å². The fraction of sp³-hybridized carbons (Fsp3) is 0.235. The number of carbonyl (C=O) groups is 1. The van der Waals surface area contributed by atoms with Gasteiger partial charge in [0.15, 0.2) is 17.5 Å². The van der Waals surface area contributed by atoms with Crippen LogP contribution in [-0.4, -0.2) is 18.7 Å². The molecule has 0 aliphatic carbocycles. The van der Waals surface area contributed by atoms with Gasteiger partial charge in [-0.15, -0.1) is 0 Å². The Bertz CT molecular complexity index is 730. The second kappa shape index (κ2) is 5.35. The molecule has 0 fully saturated rings. The van der Waals surface area contributed by atoms with Gasteiger partial charge in [0.25, 0.3) is 5.91 Å². The highest BCUT2D eigenvalue weighted by Crippen LogP contribution is 2.34. The van der Waals surface area contributed by atoms with E-state index in [1.807, 2.05) is 24.3 Å². The standard InChI is InChI=1S/C17H16N2O3/c20-17(14-7-11-3-1-2-4-12(11)9-18-14)19-13-5-6-15-16(8-13)22-10-21-15/h1-6,8,14,18H,7,9-10H2,(H,19,20)/p+1/t14-/m0/s1. The summed E-state index contributed by atoms with van der Waals surface area (Å²) in [6, 6.07) is 13.6. The van der Waals surface area contributed by atoms with Crippen molar-refractivity contribution in [1.29, 1.82) is 0 Å². The van der Waals surface area contributed by atoms with Gasteiger partial charge in [0.2, 0.25) is 6.79 Å². The van der Waals surface area contributed by atoms with Crippen molar-refractivity contribution < 1.29 is 19.6 Å². The summed E-state index contributed by atoms with van der Waals surface area (Å²) in [6.07, 6.45) is 0.757. The molecule has 3 N–H and O–H groups in total. The van der Waals surface area contributed by atoms with Gasteiger partial charge in [-0.25, -0.2) is 0 Å². The third-order valence-corrected chi connectivity index (χ3v) is 4.16. The molecule has 2 aromatic rings. The van der Waals surface area contributed by atoms with Crippen molar-refractivity contribution in [1.82, 2.24) is 0 Å². The molecule has 1 amide bonds. The zero-order valence-electron chi connectivity index (χ0n) is 12.0. The van der Waals surface area contributed by atoms with Gasteiger partial charge in [-0.3, -0.25) is 4.79 Å². The van der Waals surface area contributed by atoms with Crippen molar-refractivity contribution in [3.8, 4) is 11.5 Å². The highest BCUT2D eigenvalue weighted by Gasteiger charge is 2.28. The Labute approximate surface area is 128 Å². The molecule has 5 nitrogen and oxygen atoms in total. The average Bonchev–Trinajstić information content (AvgIpc) is 3.02. The summed E-state index contributed by atoms with van der Waals surface area (Å²) in [5, 5.41) is 5.05. The Morgan fingerprint density at radius 3 is 2.82 bits per heavy atom. The lowest BCUT2D eigenvalue weighted by molar-refractivity contribution is -0.694. The minimum atomic E-state index is -0.0969. The van der Waals surface area contributed by atoms with E-state index in [2.05, 4.69) is 22.8 Å². The summed E-state index contributed by atoms with van der Waals surface area (Å²) in [4.78, 5) is 12.5. The Balaban J connectivity index is 1.47. The van der Waals surface area contributed by atoms with Gasteiger partial charge in [0.1, 0.15) is 6.54 Å². The van der Waals surface area contributed by atoms with E-state index < -0.39 is 0 Å². The molecular formula is C17H17N2O3+. The molecule has 22 heavy (non-hydrogen) atoms. The lowest BCUT2D eigenvalue weighted by atomic mass is 9.95. The Kier molecular flexibility index (Phi) is 3.20. The fourth-order valence-corrected chi connectivity index (χ4v) is 2.95. The van der Waals surface area contributed by atoms with E-state index in [0.717, 1.165) is 24.4 Å². The van der Waals surface area contributed by atoms with Crippen molar-refractivity contribution in [2.75, 3.05) is 12.1 Å². The second-order valence-corrected chi connectivity index (χ2v) is 5.58. The molecule has 5 heteroatoms. The zero-order chi connectivity index (χ0) is 14.9. The zero-order valence-corrected chi connectivity index (χ0v) is 12.0. The maximum Gasteiger partial charge on any atom is 0.282 e. The van der Waals surface area contributed by atoms with Crippen molar-refractivity contribution in [3.05, 3.63) is 53.6 Å². The lowest BCUT2D eigenvalue weighted by Gasteiger charge is -2.22. The van der Waals surface area contributed by atoms with Gasteiger partial charge in [-0.05, 0) is 17.7 Å². The minimum Gasteiger partial charge on any atom is -0.454 e. The molecule has 0 bridgehead atoms. The van der Waals surface area contributed by atoms with Crippen LogP contribution in [0.25, 0.3) is 0 Å². The number of nitrogens with two attached hydrogens (primary N) is 1. The monoisotopic (exact) mass is 297 g/mol. The summed E-state index contributed by atoms with van der Waals surface area (Å²) >= 11 is 0. The number of ether oxygens (including phenoxy) is 2. The van der Waals surface area contributed by atoms with Gasteiger partial charge in [0, 0.05) is 23.7 Å². The van der Waals surface area contributed by atoms with Crippen LogP contribution in [0.3, 0.4) is 0 Å². The van der Waals surface area contributed by atoms with E-state index in [9.17, 15) is 4.79 Å². The van der Waals surface area contributed by atoms with Crippen LogP contribution in [0.4, 0.5) is 5.69 Å². The molecule has 0 saturated carbocycles. The van der Waals surface area contributed by atoms with Crippen molar-refractivity contribution in [2.24, 2.45) is 0 Å². The molecule has 0 aromatic heterocycles. The maximum atomic E-state index is 12.5. The number of benzene rings is 2. The predicted octanol–water partition coefficient (Wildman–Crippen LogP) is 1.04. The van der Waals surface area contributed by atoms with E-state index in [4.69, 9.17) is 9.47 Å². The van der Waals surface area contributed by atoms with Gasteiger partial charge in [0.05, 0.1) is 0 Å². The molecule has 0 spiro atoms. The molecule has 1 atom stereocenters. The Morgan fingerprint density at radius 1 is 1.09 bits per heavy atom. The molecule has 112 valence electrons. The third-order valence-electron chi connectivity index (χ3n) is 4.16. The number of rotatable bonds is 2. The highest BCUT2D eigenvalue weighted by atomic mass is 16.7. The van der Waals surface area contributed by atoms with E-state index in [1.54, 1.807) is 6.07 Å². The molecule has 0 unspecified atom stereocenters. The number of amides is 1. The summed E-state index contributed by atoms with van der Waals surface area (Å²) < 4.78 is 10.6. The first-order valence-corrected chi connectivity index (χ1v) is 7.40. The van der Waals surface area contributed by atoms with Crippen molar-refractivity contribution in [3.63, 3.8) is 0 Å². The summed E-state index contributed by atoms with van der Waals surface area (Å²) in [6.45, 7) is 1.08. The quantitative estimate of drug-likeness (QED) is 0.870. The first kappa shape index (κ1) is 13.2. The van der Waals surface area contributed by atoms with Crippen LogP contribution in [0.5, 0.6) is 11.5 Å². The second-order valence-electron chi connectivity index (χ2n) is 5.58. The van der Waals surface area contributed by atoms with Crippen LogP contribution in [0.15, 0.2) is 42.5 Å². The molecule has 2 aromatic carbocycles. The summed E-state index contributed by atoms with van der Waals surface area (Å²) in [5.41, 5.74) is 3.31. The maximum absolute atomic E-state index is 12.5. The average molecular weight is 297 g/mol. The van der Waals surface area contributed by atoms with Crippen LogP contribution >= 0.6 is 0 Å². The van der Waals surface area contributed by atoms with Gasteiger partial charge in [-0.1, -0.05) is 24.3 Å². The SMILES string of the molecule is O=C(Nc1ccc2c(c1)OCO2)[C@@H]1Cc2ccccc2C[NH2+]1. The van der Waals surface area contributed by atoms with Gasteiger partial charge < -0.3 is 20.1 Å². The van der Waals surface area contributed by atoms with Crippen molar-refractivity contribution >= 4 is 11.6 Å². The van der Waals surface area contributed by atoms with Crippen LogP contribution in [0.1, 0.15) is 11.1 Å². The summed E-state index contributed by atoms with van der Waals surface area (Å²) in [5.74, 6) is 1.42. The topological polar surface area (TPSA) is 64.2 Å². The predicted molar refractivity (Wildman–Crippen MR) is 80.8 cm³/mol. The van der Waals surface area contributed by atoms with Crippen LogP contribution in [0.2, 0.25) is 0 Å². The number of hydrogen-bond donors (Lipinski definition) is 2. The minimum absolute atomic E-state index is 0.0216. The van der Waals surface area contributed by atoms with Crippen LogP contribution in [0, 0.1) is 0 Å². The third kappa shape index (κ3) is 2.40. The molecule has 2 heterocycles. The smallest absolute Gasteiger partial charge is 0.282 e. The molecule has 4 rings (SSSR count). The first-order valence-electron chi connectivity index (χ1n) is 7.40. The summed E-state index contributed by atoms with van der Waals surface area (Å²) in [7, 11) is 0. The van der Waals surface area contributed by atoms with Crippen LogP contribution < -0.4 is 20.1 Å². The molecule has 0 radical (unpaired) electrons. The Hall–Kier alpha value is -2.53. The van der Waals surface area contributed by atoms with Crippen LogP contribution in [-0.2, 0) is 17.8 Å². The molecule has 2 aliphatic rings. The van der Waals surface area contributed by atoms with E-state index in [0.29, 0.717) is 5.75 Å². The molecular weight excluding hydrogens is 280 g/mol. The number of anilines is 1. The number of carbonyl (C=O) groups excluding carboxylic acids is 1. The number of fused-ring (bicyclic) bond motifs is 2. The van der Waals surface area contributed by atoms with Gasteiger partial charge in [-0.2, -0.15) is 0 Å². The van der Waals surface area contributed by atoms with Crippen molar-refractivity contribution in [2.45, 2.75) is 19.0 Å². The number of hydrogen-bond acceptors (Lipinski definition) is 3. The number of quaternary nitrogens is 1. The van der Waals surface area contributed by atoms with E-state index in [1.165, 1.54) is 11.1 Å². The highest BCUT2D eigenvalue weighted by molar-refractivity contribution is 5.94. The lowest BCUT2D eigenvalue weighted by Crippen LogP contribution is -2.92. The largest absolute Gasteiger partial charge is 0.454 e. The van der Waals surface area contributed by atoms with Gasteiger partial charge >= 0.3 is 0 Å². The number of nitrogens with one attached hydrogen (secondary N) is 1. The molecule has 2 aliphatic heterocycles.